The number of rotatable bonds is 2. The molecule has 1 fully saturated rings. The minimum Gasteiger partial charge on any atom is -0.323 e. The third-order valence-corrected chi connectivity index (χ3v) is 4.14. The molecule has 1 unspecified atom stereocenters. The van der Waals surface area contributed by atoms with Gasteiger partial charge in [-0.15, -0.1) is 0 Å². The van der Waals surface area contributed by atoms with Crippen molar-refractivity contribution >= 4 is 11.9 Å². The van der Waals surface area contributed by atoms with Crippen LogP contribution >= 0.6 is 0 Å². The molecule has 24 heavy (non-hydrogen) atoms. The second-order valence-electron chi connectivity index (χ2n) is 5.73. The van der Waals surface area contributed by atoms with Gasteiger partial charge in [0.1, 0.15) is 5.82 Å². The van der Waals surface area contributed by atoms with Gasteiger partial charge in [0.25, 0.3) is 5.91 Å². The molecule has 1 saturated heterocycles. The molecule has 0 spiro atoms. The molecule has 0 bridgehead atoms. The smallest absolute Gasteiger partial charge is 0.323 e. The molecule has 1 aliphatic rings. The van der Waals surface area contributed by atoms with E-state index >= 15 is 0 Å². The van der Waals surface area contributed by atoms with Gasteiger partial charge in [0.15, 0.2) is 0 Å². The summed E-state index contributed by atoms with van der Waals surface area (Å²) in [4.78, 5) is 25.7. The Morgan fingerprint density at radius 1 is 1.00 bits per heavy atom. The first kappa shape index (κ1) is 16.0. The number of hydrogen-bond donors (Lipinski definition) is 2. The van der Waals surface area contributed by atoms with Gasteiger partial charge in [-0.2, -0.15) is 0 Å². The van der Waals surface area contributed by atoms with Gasteiger partial charge in [-0.3, -0.25) is 10.2 Å². The average Bonchev–Trinajstić information content (AvgIpc) is 3.11. The molecular weight excluding hydrogens is 309 g/mol. The van der Waals surface area contributed by atoms with Gasteiger partial charge in [0.2, 0.25) is 0 Å². The summed E-state index contributed by atoms with van der Waals surface area (Å²) in [6.45, 7) is 1.25. The number of amides is 3. The van der Waals surface area contributed by atoms with Crippen molar-refractivity contribution in [1.29, 1.82) is 0 Å². The number of likely N-dealkylation sites (tertiary alicyclic amines) is 1. The Hall–Kier alpha value is -2.89. The van der Waals surface area contributed by atoms with Crippen molar-refractivity contribution < 1.29 is 14.0 Å². The summed E-state index contributed by atoms with van der Waals surface area (Å²) in [6.07, 6.45) is 0.892. The Balaban J connectivity index is 1.51. The third kappa shape index (κ3) is 3.71. The first-order chi connectivity index (χ1) is 11.6. The molecular formula is C18H18FN3O2. The van der Waals surface area contributed by atoms with Crippen molar-refractivity contribution in [1.82, 2.24) is 15.8 Å². The largest absolute Gasteiger partial charge is 0.336 e. The molecule has 124 valence electrons. The number of nitrogens with one attached hydrogen (secondary N) is 2. The normalized spacial score (nSPS) is 16.7. The summed E-state index contributed by atoms with van der Waals surface area (Å²) < 4.78 is 12.8. The maximum atomic E-state index is 12.8. The lowest BCUT2D eigenvalue weighted by molar-refractivity contribution is 0.0931. The van der Waals surface area contributed by atoms with Crippen LogP contribution in [0.4, 0.5) is 9.18 Å². The summed E-state index contributed by atoms with van der Waals surface area (Å²) >= 11 is 0. The Morgan fingerprint density at radius 3 is 2.42 bits per heavy atom. The summed E-state index contributed by atoms with van der Waals surface area (Å²) in [5.74, 6) is -0.591. The second-order valence-corrected chi connectivity index (χ2v) is 5.73. The first-order valence-electron chi connectivity index (χ1n) is 7.79. The monoisotopic (exact) mass is 327 g/mol. The third-order valence-electron chi connectivity index (χ3n) is 4.14. The zero-order valence-corrected chi connectivity index (χ0v) is 13.0. The molecule has 3 amide bonds. The van der Waals surface area contributed by atoms with E-state index in [1.54, 1.807) is 4.90 Å². The van der Waals surface area contributed by atoms with E-state index in [2.05, 4.69) is 23.0 Å². The van der Waals surface area contributed by atoms with Crippen molar-refractivity contribution in [3.05, 3.63) is 71.5 Å². The highest BCUT2D eigenvalue weighted by Gasteiger charge is 2.27. The van der Waals surface area contributed by atoms with Gasteiger partial charge in [-0.25, -0.2) is 14.6 Å². The molecule has 0 aromatic heterocycles. The molecule has 2 aromatic carbocycles. The highest BCUT2D eigenvalue weighted by atomic mass is 19.1. The highest BCUT2D eigenvalue weighted by Crippen LogP contribution is 2.26. The fourth-order valence-electron chi connectivity index (χ4n) is 2.80. The van der Waals surface area contributed by atoms with Crippen molar-refractivity contribution in [3.8, 4) is 0 Å². The van der Waals surface area contributed by atoms with Gasteiger partial charge in [-0.05, 0) is 36.2 Å². The van der Waals surface area contributed by atoms with Crippen LogP contribution in [0.25, 0.3) is 0 Å². The molecule has 1 aliphatic heterocycles. The molecule has 2 aromatic rings. The van der Waals surface area contributed by atoms with E-state index < -0.39 is 11.7 Å². The van der Waals surface area contributed by atoms with Crippen molar-refractivity contribution in [3.63, 3.8) is 0 Å². The van der Waals surface area contributed by atoms with Crippen LogP contribution in [-0.2, 0) is 0 Å². The summed E-state index contributed by atoms with van der Waals surface area (Å²) in [5.41, 5.74) is 6.24. The Kier molecular flexibility index (Phi) is 4.74. The van der Waals surface area contributed by atoms with Gasteiger partial charge < -0.3 is 4.90 Å². The zero-order valence-electron chi connectivity index (χ0n) is 13.0. The summed E-state index contributed by atoms with van der Waals surface area (Å²) in [6, 6.07) is 14.8. The Morgan fingerprint density at radius 2 is 1.71 bits per heavy atom. The van der Waals surface area contributed by atoms with Crippen LogP contribution in [0.2, 0.25) is 0 Å². The number of urea groups is 1. The molecule has 5 nitrogen and oxygen atoms in total. The molecule has 3 rings (SSSR count). The van der Waals surface area contributed by atoms with Crippen LogP contribution in [-0.4, -0.2) is 29.9 Å². The number of carbonyl (C=O) groups excluding carboxylic acids is 2. The minimum atomic E-state index is -0.484. The number of hydrazine groups is 1. The summed E-state index contributed by atoms with van der Waals surface area (Å²) in [7, 11) is 0. The fraction of sp³-hybridized carbons (Fsp3) is 0.222. The average molecular weight is 327 g/mol. The Labute approximate surface area is 139 Å². The maximum Gasteiger partial charge on any atom is 0.336 e. The highest BCUT2D eigenvalue weighted by molar-refractivity contribution is 5.95. The SMILES string of the molecule is O=C(NNC(=O)N1CCC(c2ccccc2)C1)c1ccc(F)cc1. The predicted octanol–water partition coefficient (Wildman–Crippen LogP) is 2.67. The quantitative estimate of drug-likeness (QED) is 0.833. The molecule has 6 heteroatoms. The van der Waals surface area contributed by atoms with Crippen LogP contribution in [0.15, 0.2) is 54.6 Å². The number of carbonyl (C=O) groups is 2. The molecule has 0 saturated carbocycles. The number of hydrogen-bond acceptors (Lipinski definition) is 2. The standard InChI is InChI=1S/C18H18FN3O2/c19-16-8-6-14(7-9-16)17(23)20-21-18(24)22-11-10-15(12-22)13-4-2-1-3-5-13/h1-9,15H,10-12H2,(H,20,23)(H,21,24). The van der Waals surface area contributed by atoms with E-state index in [4.69, 9.17) is 0 Å². The number of benzene rings is 2. The molecule has 1 atom stereocenters. The van der Waals surface area contributed by atoms with E-state index in [1.807, 2.05) is 18.2 Å². The van der Waals surface area contributed by atoms with E-state index in [-0.39, 0.29) is 11.6 Å². The van der Waals surface area contributed by atoms with E-state index in [9.17, 15) is 14.0 Å². The number of nitrogens with zero attached hydrogens (tertiary/aromatic N) is 1. The van der Waals surface area contributed by atoms with Gasteiger partial charge in [-0.1, -0.05) is 30.3 Å². The van der Waals surface area contributed by atoms with Crippen LogP contribution < -0.4 is 10.9 Å². The van der Waals surface area contributed by atoms with Crippen LogP contribution in [0.1, 0.15) is 28.3 Å². The second kappa shape index (κ2) is 7.12. The van der Waals surface area contributed by atoms with Crippen LogP contribution in [0, 0.1) is 5.82 Å². The van der Waals surface area contributed by atoms with Crippen molar-refractivity contribution in [2.45, 2.75) is 12.3 Å². The summed E-state index contributed by atoms with van der Waals surface area (Å²) in [5, 5.41) is 0. The van der Waals surface area contributed by atoms with Crippen LogP contribution in [0.5, 0.6) is 0 Å². The van der Waals surface area contributed by atoms with Crippen LogP contribution in [0.3, 0.4) is 0 Å². The minimum absolute atomic E-state index is 0.278. The molecule has 2 N–H and O–H groups in total. The molecule has 0 aliphatic carbocycles. The molecule has 0 radical (unpaired) electrons. The van der Waals surface area contributed by atoms with E-state index in [0.717, 1.165) is 6.42 Å². The fourth-order valence-corrected chi connectivity index (χ4v) is 2.80. The lowest BCUT2D eigenvalue weighted by Crippen LogP contribution is -2.48. The maximum absolute atomic E-state index is 12.8. The zero-order chi connectivity index (χ0) is 16.9. The Bertz CT molecular complexity index is 719. The van der Waals surface area contributed by atoms with E-state index in [1.165, 1.54) is 29.8 Å². The lowest BCUT2D eigenvalue weighted by Gasteiger charge is -2.18. The van der Waals surface area contributed by atoms with Gasteiger partial charge in [0, 0.05) is 24.6 Å². The lowest BCUT2D eigenvalue weighted by atomic mass is 9.99. The van der Waals surface area contributed by atoms with Gasteiger partial charge >= 0.3 is 6.03 Å². The van der Waals surface area contributed by atoms with E-state index in [0.29, 0.717) is 19.0 Å². The first-order valence-corrected chi connectivity index (χ1v) is 7.79. The topological polar surface area (TPSA) is 61.4 Å². The van der Waals surface area contributed by atoms with Crippen molar-refractivity contribution in [2.75, 3.05) is 13.1 Å². The number of halogens is 1. The predicted molar refractivity (Wildman–Crippen MR) is 87.8 cm³/mol. The molecule has 1 heterocycles. The van der Waals surface area contributed by atoms with Gasteiger partial charge in [0.05, 0.1) is 0 Å². The van der Waals surface area contributed by atoms with Crippen molar-refractivity contribution in [2.24, 2.45) is 0 Å².